The minimum Gasteiger partial charge on any atom is -0.481 e. The van der Waals surface area contributed by atoms with Gasteiger partial charge in [-0.2, -0.15) is 16.7 Å². The summed E-state index contributed by atoms with van der Waals surface area (Å²) in [4.78, 5) is 27.6. The fourth-order valence-corrected chi connectivity index (χ4v) is 4.19. The van der Waals surface area contributed by atoms with Crippen LogP contribution in [0.2, 0.25) is 0 Å². The van der Waals surface area contributed by atoms with Crippen molar-refractivity contribution in [2.45, 2.75) is 46.1 Å². The number of aryl methyl sites for hydroxylation is 1. The molecule has 1 unspecified atom stereocenters. The molecule has 2 heterocycles. The maximum atomic E-state index is 12.3. The SMILES string of the molecule is CCc1nc(=O)n(CC2CCSC2)c(CC)c1CC(=O)O. The van der Waals surface area contributed by atoms with Gasteiger partial charge in [0.2, 0.25) is 0 Å². The Balaban J connectivity index is 2.46. The van der Waals surface area contributed by atoms with Crippen molar-refractivity contribution >= 4 is 17.7 Å². The number of aliphatic carboxylic acids is 1. The zero-order valence-electron chi connectivity index (χ0n) is 12.6. The lowest BCUT2D eigenvalue weighted by Crippen LogP contribution is -2.32. The lowest BCUT2D eigenvalue weighted by Gasteiger charge is -2.19. The molecule has 1 aliphatic heterocycles. The number of rotatable bonds is 6. The number of hydrogen-bond donors (Lipinski definition) is 1. The second-order valence-electron chi connectivity index (χ2n) is 5.38. The second-order valence-corrected chi connectivity index (χ2v) is 6.53. The van der Waals surface area contributed by atoms with E-state index in [4.69, 9.17) is 5.11 Å². The highest BCUT2D eigenvalue weighted by Crippen LogP contribution is 2.25. The number of carboxylic acid groups (broad SMARTS) is 1. The smallest absolute Gasteiger partial charge is 0.348 e. The van der Waals surface area contributed by atoms with Crippen molar-refractivity contribution in [1.82, 2.24) is 9.55 Å². The van der Waals surface area contributed by atoms with Gasteiger partial charge in [0, 0.05) is 17.8 Å². The predicted octanol–water partition coefficient (Wildman–Crippen LogP) is 1.75. The third kappa shape index (κ3) is 3.67. The molecule has 1 saturated heterocycles. The van der Waals surface area contributed by atoms with E-state index in [2.05, 4.69) is 4.98 Å². The van der Waals surface area contributed by atoms with E-state index in [0.717, 1.165) is 29.2 Å². The maximum Gasteiger partial charge on any atom is 0.348 e. The van der Waals surface area contributed by atoms with Crippen molar-refractivity contribution in [2.24, 2.45) is 5.92 Å². The van der Waals surface area contributed by atoms with Crippen molar-refractivity contribution in [1.29, 1.82) is 0 Å². The van der Waals surface area contributed by atoms with Gasteiger partial charge < -0.3 is 5.11 Å². The first-order valence-electron chi connectivity index (χ1n) is 7.47. The van der Waals surface area contributed by atoms with Gasteiger partial charge >= 0.3 is 11.7 Å². The van der Waals surface area contributed by atoms with Crippen molar-refractivity contribution in [3.8, 4) is 0 Å². The standard InChI is InChI=1S/C15H22N2O3S/c1-3-12-11(7-14(18)19)13(4-2)17(15(20)16-12)8-10-5-6-21-9-10/h10H,3-9H2,1-2H3,(H,18,19). The summed E-state index contributed by atoms with van der Waals surface area (Å²) in [5.74, 6) is 1.83. The summed E-state index contributed by atoms with van der Waals surface area (Å²) in [5, 5.41) is 9.13. The van der Waals surface area contributed by atoms with Gasteiger partial charge in [-0.25, -0.2) is 4.79 Å². The second kappa shape index (κ2) is 7.11. The molecule has 1 N–H and O–H groups in total. The van der Waals surface area contributed by atoms with Crippen molar-refractivity contribution < 1.29 is 9.90 Å². The molecule has 0 aromatic carbocycles. The third-order valence-electron chi connectivity index (χ3n) is 3.95. The predicted molar refractivity (Wildman–Crippen MR) is 84.0 cm³/mol. The molecular weight excluding hydrogens is 288 g/mol. The van der Waals surface area contributed by atoms with Crippen LogP contribution < -0.4 is 5.69 Å². The zero-order valence-corrected chi connectivity index (χ0v) is 13.4. The summed E-state index contributed by atoms with van der Waals surface area (Å²) in [7, 11) is 0. The zero-order chi connectivity index (χ0) is 15.4. The molecule has 21 heavy (non-hydrogen) atoms. The van der Waals surface area contributed by atoms with E-state index in [1.807, 2.05) is 25.6 Å². The van der Waals surface area contributed by atoms with Gasteiger partial charge in [-0.15, -0.1) is 0 Å². The van der Waals surface area contributed by atoms with Gasteiger partial charge in [0.1, 0.15) is 0 Å². The van der Waals surface area contributed by atoms with Gasteiger partial charge in [-0.05, 0) is 36.7 Å². The number of hydrogen-bond acceptors (Lipinski definition) is 4. The van der Waals surface area contributed by atoms with Gasteiger partial charge in [0.15, 0.2) is 0 Å². The summed E-state index contributed by atoms with van der Waals surface area (Å²) in [6.45, 7) is 4.54. The summed E-state index contributed by atoms with van der Waals surface area (Å²) >= 11 is 1.91. The molecule has 1 aromatic rings. The monoisotopic (exact) mass is 310 g/mol. The van der Waals surface area contributed by atoms with Crippen LogP contribution in [0.1, 0.15) is 37.2 Å². The first kappa shape index (κ1) is 16.1. The molecule has 1 atom stereocenters. The Bertz CT molecular complexity index is 577. The van der Waals surface area contributed by atoms with Gasteiger partial charge in [0.05, 0.1) is 12.1 Å². The molecule has 1 fully saturated rings. The third-order valence-corrected chi connectivity index (χ3v) is 5.18. The molecule has 0 aliphatic carbocycles. The van der Waals surface area contributed by atoms with E-state index in [9.17, 15) is 9.59 Å². The maximum absolute atomic E-state index is 12.3. The van der Waals surface area contributed by atoms with Crippen LogP contribution in [0, 0.1) is 5.92 Å². The Morgan fingerprint density at radius 2 is 2.19 bits per heavy atom. The minimum absolute atomic E-state index is 0.0565. The average molecular weight is 310 g/mol. The number of carboxylic acids is 1. The molecule has 1 aromatic heterocycles. The first-order chi connectivity index (χ1) is 10.1. The number of aromatic nitrogens is 2. The Hall–Kier alpha value is -1.30. The lowest BCUT2D eigenvalue weighted by atomic mass is 10.0. The Morgan fingerprint density at radius 3 is 2.71 bits per heavy atom. The van der Waals surface area contributed by atoms with E-state index in [0.29, 0.717) is 31.0 Å². The fourth-order valence-electron chi connectivity index (χ4n) is 2.91. The fraction of sp³-hybridized carbons (Fsp3) is 0.667. The lowest BCUT2D eigenvalue weighted by molar-refractivity contribution is -0.136. The Morgan fingerprint density at radius 1 is 1.43 bits per heavy atom. The highest BCUT2D eigenvalue weighted by atomic mass is 32.2. The largest absolute Gasteiger partial charge is 0.481 e. The molecule has 116 valence electrons. The van der Waals surface area contributed by atoms with Crippen LogP contribution in [0.15, 0.2) is 4.79 Å². The average Bonchev–Trinajstić information content (AvgIpc) is 2.94. The summed E-state index contributed by atoms with van der Waals surface area (Å²) in [6, 6.07) is 0. The number of thioether (sulfide) groups is 1. The number of carbonyl (C=O) groups is 1. The van der Waals surface area contributed by atoms with Crippen LogP contribution in [0.5, 0.6) is 0 Å². The molecule has 0 spiro atoms. The van der Waals surface area contributed by atoms with E-state index in [-0.39, 0.29) is 12.1 Å². The normalized spacial score (nSPS) is 18.1. The van der Waals surface area contributed by atoms with Crippen LogP contribution in [-0.2, 0) is 30.6 Å². The van der Waals surface area contributed by atoms with Gasteiger partial charge in [0.25, 0.3) is 0 Å². The molecule has 2 rings (SSSR count). The van der Waals surface area contributed by atoms with E-state index < -0.39 is 5.97 Å². The van der Waals surface area contributed by atoms with Crippen LogP contribution in [0.25, 0.3) is 0 Å². The van der Waals surface area contributed by atoms with Crippen molar-refractivity contribution in [3.63, 3.8) is 0 Å². The van der Waals surface area contributed by atoms with Gasteiger partial charge in [-0.3, -0.25) is 9.36 Å². The van der Waals surface area contributed by atoms with Crippen LogP contribution in [0.4, 0.5) is 0 Å². The molecule has 1 aliphatic rings. The van der Waals surface area contributed by atoms with Crippen LogP contribution >= 0.6 is 11.8 Å². The van der Waals surface area contributed by atoms with E-state index in [1.165, 1.54) is 0 Å². The highest BCUT2D eigenvalue weighted by Gasteiger charge is 2.21. The van der Waals surface area contributed by atoms with Gasteiger partial charge in [-0.1, -0.05) is 13.8 Å². The van der Waals surface area contributed by atoms with Crippen molar-refractivity contribution in [3.05, 3.63) is 27.4 Å². The highest BCUT2D eigenvalue weighted by molar-refractivity contribution is 7.99. The topological polar surface area (TPSA) is 72.2 Å². The van der Waals surface area contributed by atoms with Crippen molar-refractivity contribution in [2.75, 3.05) is 11.5 Å². The quantitative estimate of drug-likeness (QED) is 0.866. The molecule has 5 nitrogen and oxygen atoms in total. The molecule has 0 saturated carbocycles. The molecule has 6 heteroatoms. The molecule has 0 radical (unpaired) electrons. The van der Waals surface area contributed by atoms with Crippen LogP contribution in [0.3, 0.4) is 0 Å². The molecule has 0 amide bonds. The summed E-state index contributed by atoms with van der Waals surface area (Å²) < 4.78 is 1.72. The van der Waals surface area contributed by atoms with E-state index in [1.54, 1.807) is 4.57 Å². The minimum atomic E-state index is -0.872. The number of nitrogens with zero attached hydrogens (tertiary/aromatic N) is 2. The van der Waals surface area contributed by atoms with Crippen LogP contribution in [-0.4, -0.2) is 32.1 Å². The first-order valence-corrected chi connectivity index (χ1v) is 8.63. The summed E-state index contributed by atoms with van der Waals surface area (Å²) in [5.41, 5.74) is 2.00. The van der Waals surface area contributed by atoms with E-state index >= 15 is 0 Å². The Labute approximate surface area is 128 Å². The Kier molecular flexibility index (Phi) is 5.45. The molecular formula is C15H22N2O3S. The summed E-state index contributed by atoms with van der Waals surface area (Å²) in [6.07, 6.45) is 2.31. The molecule has 0 bridgehead atoms.